The molecule has 0 aliphatic rings. The first-order valence-electron chi connectivity index (χ1n) is 3.23. The average Bonchev–Trinajstić information content (AvgIpc) is 1.85. The number of nitrogens with zero attached hydrogens (tertiary/aromatic N) is 1. The normalized spacial score (nSPS) is 14.7. The van der Waals surface area contributed by atoms with E-state index in [0.717, 1.165) is 4.31 Å². The van der Waals surface area contributed by atoms with Gasteiger partial charge in [0.2, 0.25) is 0 Å². The van der Waals surface area contributed by atoms with Gasteiger partial charge in [-0.25, -0.2) is 4.31 Å². The molecule has 0 saturated heterocycles. The Morgan fingerprint density at radius 3 is 2.17 bits per heavy atom. The lowest BCUT2D eigenvalue weighted by Crippen LogP contribution is -3.13. The molecular formula is C5H12N2O4S. The van der Waals surface area contributed by atoms with Gasteiger partial charge in [0.05, 0.1) is 13.0 Å². The van der Waals surface area contributed by atoms with Crippen LogP contribution in [0.15, 0.2) is 0 Å². The number of carboxylic acids is 1. The number of hydrogen-bond donors (Lipinski definition) is 1. The average molecular weight is 196 g/mol. The Labute approximate surface area is 71.6 Å². The Kier molecular flexibility index (Phi) is 3.62. The predicted octanol–water partition coefficient (Wildman–Crippen LogP) is -3.94. The van der Waals surface area contributed by atoms with Crippen LogP contribution in [-0.2, 0) is 15.0 Å². The van der Waals surface area contributed by atoms with Gasteiger partial charge in [-0.1, -0.05) is 0 Å². The van der Waals surface area contributed by atoms with Crippen molar-refractivity contribution < 1.29 is 22.6 Å². The van der Waals surface area contributed by atoms with E-state index in [2.05, 4.69) is 0 Å². The zero-order valence-corrected chi connectivity index (χ0v) is 8.01. The van der Waals surface area contributed by atoms with E-state index in [1.54, 1.807) is 0 Å². The predicted molar refractivity (Wildman–Crippen MR) is 39.4 cm³/mol. The minimum atomic E-state index is -3.54. The largest absolute Gasteiger partial charge is 0.544 e. The number of carbonyl (C=O) groups excluding carboxylic acids is 1. The molecule has 0 fully saturated rings. The molecule has 12 heavy (non-hydrogen) atoms. The van der Waals surface area contributed by atoms with Crippen molar-refractivity contribution in [1.82, 2.24) is 4.31 Å². The van der Waals surface area contributed by atoms with Crippen LogP contribution < -0.4 is 9.41 Å². The highest BCUT2D eigenvalue weighted by molar-refractivity contribution is 7.82. The zero-order valence-electron chi connectivity index (χ0n) is 7.20. The molecule has 0 radical (unpaired) electrons. The van der Waals surface area contributed by atoms with Crippen LogP contribution in [-0.4, -0.2) is 46.4 Å². The summed E-state index contributed by atoms with van der Waals surface area (Å²) in [5.74, 6) is -1.39. The van der Waals surface area contributed by atoms with Gasteiger partial charge in [0.15, 0.2) is 0 Å². The van der Waals surface area contributed by atoms with Crippen LogP contribution >= 0.6 is 0 Å². The lowest BCUT2D eigenvalue weighted by Gasteiger charge is -2.17. The van der Waals surface area contributed by atoms with Crippen molar-refractivity contribution in [2.24, 2.45) is 0 Å². The van der Waals surface area contributed by atoms with E-state index in [4.69, 9.17) is 0 Å². The van der Waals surface area contributed by atoms with Gasteiger partial charge in [-0.05, 0) is 0 Å². The number of carboxylic acid groups (broad SMARTS) is 1. The topological polar surface area (TPSA) is 82.0 Å². The van der Waals surface area contributed by atoms with Crippen LogP contribution in [0.25, 0.3) is 0 Å². The summed E-state index contributed by atoms with van der Waals surface area (Å²) < 4.78 is 23.2. The lowest BCUT2D eigenvalue weighted by atomic mass is 10.7. The molecule has 0 rings (SSSR count). The second-order valence-corrected chi connectivity index (χ2v) is 4.92. The number of rotatable bonds is 4. The summed E-state index contributed by atoms with van der Waals surface area (Å²) in [6.45, 7) is -0.555. The molecule has 0 bridgehead atoms. The quantitative estimate of drug-likeness (QED) is 0.497. The molecule has 0 heterocycles. The minimum Gasteiger partial charge on any atom is -0.544 e. The molecule has 7 heteroatoms. The molecule has 0 aromatic carbocycles. The highest BCUT2D eigenvalue weighted by atomic mass is 32.2. The molecule has 0 aromatic rings. The van der Waals surface area contributed by atoms with Crippen molar-refractivity contribution in [1.29, 1.82) is 0 Å². The van der Waals surface area contributed by atoms with E-state index in [1.807, 2.05) is 0 Å². The number of nitrogens with one attached hydrogen (secondary N) is 1. The molecule has 0 spiro atoms. The summed E-state index contributed by atoms with van der Waals surface area (Å²) >= 11 is 0. The summed E-state index contributed by atoms with van der Waals surface area (Å²) in [6.07, 6.45) is 0. The van der Waals surface area contributed by atoms with Gasteiger partial charge in [0.1, 0.15) is 6.54 Å². The van der Waals surface area contributed by atoms with Crippen LogP contribution in [0.3, 0.4) is 0 Å². The molecule has 0 aromatic heterocycles. The summed E-state index contributed by atoms with van der Waals surface area (Å²) in [5.41, 5.74) is 0. The number of hydrogen-bond acceptors (Lipinski definition) is 4. The van der Waals surface area contributed by atoms with Crippen molar-refractivity contribution in [2.45, 2.75) is 0 Å². The summed E-state index contributed by atoms with van der Waals surface area (Å²) in [7, 11) is 0.395. The van der Waals surface area contributed by atoms with E-state index < -0.39 is 22.7 Å². The van der Waals surface area contributed by atoms with Gasteiger partial charge < -0.3 is 9.90 Å². The maximum absolute atomic E-state index is 11.2. The summed E-state index contributed by atoms with van der Waals surface area (Å²) in [5, 5.41) is 10.1. The molecule has 6 nitrogen and oxygen atoms in total. The van der Waals surface area contributed by atoms with Crippen LogP contribution in [0, 0.1) is 0 Å². The van der Waals surface area contributed by atoms with Gasteiger partial charge in [0.25, 0.3) is 0 Å². The molecule has 1 atom stereocenters. The summed E-state index contributed by atoms with van der Waals surface area (Å²) in [4.78, 5) is 10.1. The van der Waals surface area contributed by atoms with Gasteiger partial charge in [0, 0.05) is 14.1 Å². The van der Waals surface area contributed by atoms with Crippen LogP contribution in [0.2, 0.25) is 0 Å². The molecule has 0 saturated carbocycles. The highest BCUT2D eigenvalue weighted by Gasteiger charge is 2.24. The van der Waals surface area contributed by atoms with Gasteiger partial charge >= 0.3 is 10.2 Å². The smallest absolute Gasteiger partial charge is 0.370 e. The van der Waals surface area contributed by atoms with Crippen LogP contribution in [0.5, 0.6) is 0 Å². The third kappa shape index (κ3) is 2.76. The first-order chi connectivity index (χ1) is 5.28. The lowest BCUT2D eigenvalue weighted by molar-refractivity contribution is -0.740. The minimum absolute atomic E-state index is 0.118. The molecule has 1 N–H and O–H groups in total. The monoisotopic (exact) mass is 196 g/mol. The number of quaternary nitrogens is 1. The molecule has 0 aliphatic heterocycles. The maximum Gasteiger partial charge on any atom is 0.370 e. The maximum atomic E-state index is 11.2. The van der Waals surface area contributed by atoms with Crippen molar-refractivity contribution in [2.75, 3.05) is 27.7 Å². The van der Waals surface area contributed by atoms with Crippen molar-refractivity contribution >= 4 is 16.2 Å². The standard InChI is InChI=1S/C5H12N2O4S/c1-6(2)12(10,11)7(3)4-5(8)9/h4H2,1-3H3,(H,8,9). The van der Waals surface area contributed by atoms with E-state index in [1.165, 1.54) is 21.1 Å². The van der Waals surface area contributed by atoms with Gasteiger partial charge in [-0.2, -0.15) is 12.7 Å². The second kappa shape index (κ2) is 3.83. The fourth-order valence-corrected chi connectivity index (χ4v) is 1.53. The van der Waals surface area contributed by atoms with E-state index in [0.29, 0.717) is 0 Å². The van der Waals surface area contributed by atoms with Crippen LogP contribution in [0.4, 0.5) is 0 Å². The Balaban J connectivity index is 4.48. The fraction of sp³-hybridized carbons (Fsp3) is 0.800. The van der Waals surface area contributed by atoms with Gasteiger partial charge in [-0.15, -0.1) is 0 Å². The van der Waals surface area contributed by atoms with Crippen molar-refractivity contribution in [3.63, 3.8) is 0 Å². The van der Waals surface area contributed by atoms with Crippen LogP contribution in [0.1, 0.15) is 0 Å². The van der Waals surface area contributed by atoms with Crippen molar-refractivity contribution in [3.8, 4) is 0 Å². The Hall–Kier alpha value is -0.660. The Morgan fingerprint density at radius 1 is 1.50 bits per heavy atom. The number of carbonyl (C=O) groups is 1. The van der Waals surface area contributed by atoms with E-state index in [9.17, 15) is 18.3 Å². The third-order valence-electron chi connectivity index (χ3n) is 1.31. The number of aliphatic carboxylic acids is 1. The van der Waals surface area contributed by atoms with E-state index in [-0.39, 0.29) is 4.31 Å². The summed E-state index contributed by atoms with van der Waals surface area (Å²) in [6, 6.07) is 0. The Bertz CT molecular complexity index is 259. The number of likely N-dealkylation sites (N-methyl/N-ethyl adjacent to an activating group) is 1. The fourth-order valence-electron chi connectivity index (χ4n) is 0.606. The van der Waals surface area contributed by atoms with Gasteiger partial charge in [-0.3, -0.25) is 0 Å². The molecule has 1 unspecified atom stereocenters. The second-order valence-electron chi connectivity index (χ2n) is 2.54. The highest BCUT2D eigenvalue weighted by Crippen LogP contribution is 1.79. The van der Waals surface area contributed by atoms with E-state index >= 15 is 0 Å². The molecule has 0 amide bonds. The van der Waals surface area contributed by atoms with Crippen molar-refractivity contribution in [3.05, 3.63) is 0 Å². The molecule has 72 valence electrons. The Morgan fingerprint density at radius 2 is 1.92 bits per heavy atom. The third-order valence-corrected chi connectivity index (χ3v) is 3.30. The first-order valence-corrected chi connectivity index (χ1v) is 4.67. The first kappa shape index (κ1) is 11.3. The molecule has 0 aliphatic carbocycles. The molecular weight excluding hydrogens is 184 g/mol. The zero-order chi connectivity index (χ0) is 9.94. The SMILES string of the molecule is CN(C)S(=O)(=O)[NH+](C)CC(=O)[O-].